The number of para-hydroxylation sites is 2. The predicted molar refractivity (Wildman–Crippen MR) is 100 cm³/mol. The molecule has 0 aliphatic carbocycles. The van der Waals surface area contributed by atoms with Gasteiger partial charge in [-0.1, -0.05) is 36.4 Å². The summed E-state index contributed by atoms with van der Waals surface area (Å²) in [5, 5.41) is 0.789. The van der Waals surface area contributed by atoms with Gasteiger partial charge in [-0.05, 0) is 38.0 Å². The van der Waals surface area contributed by atoms with Crippen molar-refractivity contribution in [2.45, 2.75) is 32.4 Å². The molecule has 1 aliphatic heterocycles. The monoisotopic (exact) mass is 348 g/mol. The van der Waals surface area contributed by atoms with Crippen molar-refractivity contribution in [3.05, 3.63) is 65.9 Å². The molecular formula is C21H20N2O3. The number of anilines is 1. The number of aromatic amines is 1. The fourth-order valence-electron chi connectivity index (χ4n) is 3.61. The van der Waals surface area contributed by atoms with Crippen LogP contribution in [0.4, 0.5) is 5.69 Å². The molecule has 3 aromatic rings. The number of hydrogen-bond donors (Lipinski definition) is 1. The Morgan fingerprint density at radius 1 is 1.15 bits per heavy atom. The molecule has 1 aliphatic rings. The molecule has 2 atom stereocenters. The molecule has 5 heteroatoms. The third kappa shape index (κ3) is 2.65. The molecule has 26 heavy (non-hydrogen) atoms. The van der Waals surface area contributed by atoms with Crippen LogP contribution in [0.15, 0.2) is 54.7 Å². The van der Waals surface area contributed by atoms with E-state index in [-0.39, 0.29) is 11.9 Å². The van der Waals surface area contributed by atoms with Crippen molar-refractivity contribution >= 4 is 28.5 Å². The van der Waals surface area contributed by atoms with Gasteiger partial charge in [0.2, 0.25) is 0 Å². The number of hydrogen-bond acceptors (Lipinski definition) is 3. The topological polar surface area (TPSA) is 62.4 Å². The maximum absolute atomic E-state index is 12.9. The minimum Gasteiger partial charge on any atom is -0.449 e. The summed E-state index contributed by atoms with van der Waals surface area (Å²) in [5.41, 5.74) is 3.35. The van der Waals surface area contributed by atoms with Crippen molar-refractivity contribution in [3.8, 4) is 0 Å². The van der Waals surface area contributed by atoms with Gasteiger partial charge in [0, 0.05) is 28.8 Å². The molecule has 5 nitrogen and oxygen atoms in total. The number of amides is 1. The van der Waals surface area contributed by atoms with Gasteiger partial charge in [0.15, 0.2) is 6.10 Å². The van der Waals surface area contributed by atoms with Gasteiger partial charge in [-0.3, -0.25) is 4.79 Å². The van der Waals surface area contributed by atoms with Gasteiger partial charge >= 0.3 is 5.97 Å². The Morgan fingerprint density at radius 3 is 2.73 bits per heavy atom. The highest BCUT2D eigenvalue weighted by atomic mass is 16.5. The number of esters is 1. The number of fused-ring (bicyclic) bond motifs is 2. The minimum atomic E-state index is -0.857. The second-order valence-corrected chi connectivity index (χ2v) is 6.69. The molecule has 2 aromatic carbocycles. The van der Waals surface area contributed by atoms with Crippen molar-refractivity contribution in [2.24, 2.45) is 0 Å². The molecule has 1 aromatic heterocycles. The molecule has 4 rings (SSSR count). The van der Waals surface area contributed by atoms with E-state index in [0.29, 0.717) is 5.56 Å². The zero-order valence-electron chi connectivity index (χ0n) is 14.7. The summed E-state index contributed by atoms with van der Waals surface area (Å²) < 4.78 is 5.49. The van der Waals surface area contributed by atoms with Gasteiger partial charge in [0.05, 0.1) is 5.56 Å². The number of ether oxygens (including phenoxy) is 1. The zero-order valence-corrected chi connectivity index (χ0v) is 14.7. The molecular weight excluding hydrogens is 328 g/mol. The highest BCUT2D eigenvalue weighted by Gasteiger charge is 2.34. The largest absolute Gasteiger partial charge is 0.449 e. The molecule has 132 valence electrons. The Kier molecular flexibility index (Phi) is 3.99. The van der Waals surface area contributed by atoms with Crippen LogP contribution in [0.3, 0.4) is 0 Å². The highest BCUT2D eigenvalue weighted by molar-refractivity contribution is 6.06. The Hall–Kier alpha value is -3.08. The second kappa shape index (κ2) is 6.33. The number of H-pyrrole nitrogens is 1. The van der Waals surface area contributed by atoms with E-state index in [1.165, 1.54) is 0 Å². The molecule has 1 amide bonds. The molecule has 0 radical (unpaired) electrons. The first-order valence-corrected chi connectivity index (χ1v) is 8.74. The maximum atomic E-state index is 12.9. The van der Waals surface area contributed by atoms with Crippen LogP contribution < -0.4 is 4.90 Å². The Labute approximate surface area is 151 Å². The average Bonchev–Trinajstić information content (AvgIpc) is 3.21. The van der Waals surface area contributed by atoms with Crippen molar-refractivity contribution < 1.29 is 14.3 Å². The summed E-state index contributed by atoms with van der Waals surface area (Å²) in [6.07, 6.45) is 1.58. The van der Waals surface area contributed by atoms with Crippen LogP contribution in [0.2, 0.25) is 0 Å². The molecule has 0 fully saturated rings. The predicted octanol–water partition coefficient (Wildman–Crippen LogP) is 3.69. The van der Waals surface area contributed by atoms with E-state index in [2.05, 4.69) is 4.98 Å². The number of carbonyl (C=O) groups is 2. The Balaban J connectivity index is 1.54. The van der Waals surface area contributed by atoms with E-state index in [1.54, 1.807) is 18.0 Å². The highest BCUT2D eigenvalue weighted by Crippen LogP contribution is 2.32. The molecule has 0 saturated carbocycles. The fraction of sp³-hybridized carbons (Fsp3) is 0.238. The van der Waals surface area contributed by atoms with E-state index < -0.39 is 12.1 Å². The molecule has 2 heterocycles. The van der Waals surface area contributed by atoms with E-state index in [4.69, 9.17) is 4.74 Å². The van der Waals surface area contributed by atoms with Gasteiger partial charge < -0.3 is 14.6 Å². The lowest BCUT2D eigenvalue weighted by molar-refractivity contribution is -0.126. The first-order chi connectivity index (χ1) is 12.6. The number of aromatic nitrogens is 1. The van der Waals surface area contributed by atoms with Gasteiger partial charge in [-0.15, -0.1) is 0 Å². The normalized spacial score (nSPS) is 17.2. The minimum absolute atomic E-state index is 0.0501. The number of rotatable bonds is 3. The van der Waals surface area contributed by atoms with Crippen molar-refractivity contribution in [1.82, 2.24) is 4.98 Å². The van der Waals surface area contributed by atoms with Crippen LogP contribution in [0.25, 0.3) is 10.9 Å². The van der Waals surface area contributed by atoms with Gasteiger partial charge in [0.1, 0.15) is 0 Å². The lowest BCUT2D eigenvalue weighted by Crippen LogP contribution is -2.43. The Bertz CT molecular complexity index is 992. The number of benzene rings is 2. The molecule has 1 N–H and O–H groups in total. The summed E-state index contributed by atoms with van der Waals surface area (Å²) in [7, 11) is 0. The lowest BCUT2D eigenvalue weighted by Gasteiger charge is -2.25. The molecule has 0 bridgehead atoms. The quantitative estimate of drug-likeness (QED) is 0.734. The molecule has 0 spiro atoms. The van der Waals surface area contributed by atoms with Gasteiger partial charge in [0.25, 0.3) is 5.91 Å². The zero-order chi connectivity index (χ0) is 18.3. The molecule has 0 unspecified atom stereocenters. The summed E-state index contributed by atoms with van der Waals surface area (Å²) in [5.74, 6) is -0.695. The van der Waals surface area contributed by atoms with E-state index in [0.717, 1.165) is 28.6 Å². The molecule has 0 saturated heterocycles. The fourth-order valence-corrected chi connectivity index (χ4v) is 3.61. The van der Waals surface area contributed by atoms with Crippen molar-refractivity contribution in [1.29, 1.82) is 0 Å². The average molecular weight is 348 g/mol. The summed E-state index contributed by atoms with van der Waals surface area (Å²) in [4.78, 5) is 30.3. The van der Waals surface area contributed by atoms with Crippen LogP contribution >= 0.6 is 0 Å². The van der Waals surface area contributed by atoms with Crippen LogP contribution in [0.1, 0.15) is 29.8 Å². The van der Waals surface area contributed by atoms with Gasteiger partial charge in [-0.25, -0.2) is 4.79 Å². The van der Waals surface area contributed by atoms with Crippen LogP contribution in [-0.4, -0.2) is 29.0 Å². The summed E-state index contributed by atoms with van der Waals surface area (Å²) in [6.45, 7) is 3.63. The second-order valence-electron chi connectivity index (χ2n) is 6.69. The van der Waals surface area contributed by atoms with E-state index >= 15 is 0 Å². The van der Waals surface area contributed by atoms with Crippen LogP contribution in [0.5, 0.6) is 0 Å². The smallest absolute Gasteiger partial charge is 0.341 e. The maximum Gasteiger partial charge on any atom is 0.341 e. The standard InChI is InChI=1S/C21H20N2O3/c1-13-11-15-7-3-6-10-19(15)23(13)20(24)14(2)26-21(25)17-12-22-18-9-5-4-8-16(17)18/h3-10,12-14,22H,11H2,1-2H3/t13-,14-/m0/s1. The van der Waals surface area contributed by atoms with Gasteiger partial charge in [-0.2, -0.15) is 0 Å². The lowest BCUT2D eigenvalue weighted by atomic mass is 10.1. The van der Waals surface area contributed by atoms with Crippen molar-refractivity contribution in [3.63, 3.8) is 0 Å². The van der Waals surface area contributed by atoms with Crippen LogP contribution in [0, 0.1) is 0 Å². The van der Waals surface area contributed by atoms with Crippen molar-refractivity contribution in [2.75, 3.05) is 4.90 Å². The van der Waals surface area contributed by atoms with E-state index in [9.17, 15) is 9.59 Å². The summed E-state index contributed by atoms with van der Waals surface area (Å²) >= 11 is 0. The SMILES string of the molecule is C[C@H](OC(=O)c1c[nH]c2ccccc12)C(=O)N1c2ccccc2C[C@@H]1C. The first-order valence-electron chi connectivity index (χ1n) is 8.74. The number of nitrogens with one attached hydrogen (secondary N) is 1. The number of carbonyl (C=O) groups excluding carboxylic acids is 2. The third-order valence-electron chi connectivity index (χ3n) is 4.89. The Morgan fingerprint density at radius 2 is 1.88 bits per heavy atom. The summed E-state index contributed by atoms with van der Waals surface area (Å²) in [6, 6.07) is 15.4. The third-order valence-corrected chi connectivity index (χ3v) is 4.89. The van der Waals surface area contributed by atoms with E-state index in [1.807, 2.05) is 55.5 Å². The number of nitrogens with zero attached hydrogens (tertiary/aromatic N) is 1. The van der Waals surface area contributed by atoms with Crippen LogP contribution in [-0.2, 0) is 16.0 Å². The first kappa shape index (κ1) is 16.4.